The highest BCUT2D eigenvalue weighted by atomic mass is 79.9. The number of halogens is 1. The van der Waals surface area contributed by atoms with Crippen molar-refractivity contribution in [2.24, 2.45) is 4.99 Å². The van der Waals surface area contributed by atoms with Gasteiger partial charge in [-0.15, -0.1) is 0 Å². The predicted octanol–water partition coefficient (Wildman–Crippen LogP) is 3.83. The fourth-order valence-electron chi connectivity index (χ4n) is 4.10. The Labute approximate surface area is 160 Å². The Morgan fingerprint density at radius 1 is 1.20 bits per heavy atom. The smallest absolute Gasteiger partial charge is 0.191 e. The second-order valence-electron chi connectivity index (χ2n) is 7.39. The molecule has 3 rings (SSSR count). The second kappa shape index (κ2) is 9.04. The minimum atomic E-state index is 0.537. The first-order valence-electron chi connectivity index (χ1n) is 9.62. The highest BCUT2D eigenvalue weighted by Gasteiger charge is 2.27. The summed E-state index contributed by atoms with van der Waals surface area (Å²) in [5.74, 6) is 0.918. The lowest BCUT2D eigenvalue weighted by atomic mass is 10.0. The number of nitrogens with one attached hydrogen (secondary N) is 2. The molecule has 138 valence electrons. The van der Waals surface area contributed by atoms with Crippen LogP contribution in [0, 0.1) is 6.92 Å². The molecular weight excluding hydrogens is 376 g/mol. The maximum Gasteiger partial charge on any atom is 0.191 e. The van der Waals surface area contributed by atoms with Crippen molar-refractivity contribution in [2.45, 2.75) is 64.1 Å². The normalized spacial score (nSPS) is 20.8. The molecule has 1 aromatic rings. The number of piperidine rings is 1. The van der Waals surface area contributed by atoms with Crippen molar-refractivity contribution in [1.82, 2.24) is 15.5 Å². The third kappa shape index (κ3) is 5.20. The van der Waals surface area contributed by atoms with Gasteiger partial charge in [-0.05, 0) is 55.9 Å². The minimum Gasteiger partial charge on any atom is -0.354 e. The first-order valence-corrected chi connectivity index (χ1v) is 10.4. The molecule has 2 aliphatic rings. The molecule has 0 unspecified atom stereocenters. The molecule has 2 fully saturated rings. The van der Waals surface area contributed by atoms with Gasteiger partial charge in [0.15, 0.2) is 5.96 Å². The number of nitrogens with zero attached hydrogens (tertiary/aromatic N) is 2. The number of guanidine groups is 1. The van der Waals surface area contributed by atoms with Gasteiger partial charge in [-0.1, -0.05) is 34.8 Å². The van der Waals surface area contributed by atoms with Crippen molar-refractivity contribution in [3.8, 4) is 0 Å². The first kappa shape index (κ1) is 18.7. The topological polar surface area (TPSA) is 39.7 Å². The van der Waals surface area contributed by atoms with E-state index in [1.54, 1.807) is 0 Å². The van der Waals surface area contributed by atoms with Crippen molar-refractivity contribution in [3.05, 3.63) is 33.8 Å². The first-order chi connectivity index (χ1) is 12.2. The molecule has 1 aliphatic carbocycles. The van der Waals surface area contributed by atoms with E-state index in [0.29, 0.717) is 6.04 Å². The number of hydrogen-bond acceptors (Lipinski definition) is 2. The molecule has 1 saturated heterocycles. The summed E-state index contributed by atoms with van der Waals surface area (Å²) in [7, 11) is 1.86. The summed E-state index contributed by atoms with van der Waals surface area (Å²) in [6.07, 6.45) is 8.11. The zero-order chi connectivity index (χ0) is 17.6. The van der Waals surface area contributed by atoms with Gasteiger partial charge in [-0.2, -0.15) is 0 Å². The Hall–Kier alpha value is -1.07. The summed E-state index contributed by atoms with van der Waals surface area (Å²) in [6, 6.07) is 7.82. The molecular formula is C20H31BrN4. The van der Waals surface area contributed by atoms with Crippen LogP contribution in [0.25, 0.3) is 0 Å². The molecule has 25 heavy (non-hydrogen) atoms. The van der Waals surface area contributed by atoms with Gasteiger partial charge < -0.3 is 15.5 Å². The zero-order valence-electron chi connectivity index (χ0n) is 15.5. The van der Waals surface area contributed by atoms with Gasteiger partial charge in [0.2, 0.25) is 0 Å². The fourth-order valence-corrected chi connectivity index (χ4v) is 4.58. The highest BCUT2D eigenvalue weighted by Crippen LogP contribution is 2.26. The molecule has 1 saturated carbocycles. The van der Waals surface area contributed by atoms with Crippen LogP contribution >= 0.6 is 15.9 Å². The molecule has 0 bridgehead atoms. The van der Waals surface area contributed by atoms with Crippen LogP contribution < -0.4 is 10.6 Å². The Morgan fingerprint density at radius 2 is 1.92 bits per heavy atom. The van der Waals surface area contributed by atoms with Crippen LogP contribution in [0.3, 0.4) is 0 Å². The van der Waals surface area contributed by atoms with E-state index in [4.69, 9.17) is 0 Å². The molecule has 1 aromatic carbocycles. The van der Waals surface area contributed by atoms with E-state index in [0.717, 1.165) is 23.0 Å². The van der Waals surface area contributed by atoms with E-state index in [1.165, 1.54) is 62.7 Å². The lowest BCUT2D eigenvalue weighted by molar-refractivity contribution is 0.150. The molecule has 1 heterocycles. The standard InChI is InChI=1S/C20H31BrN4/c1-15-13-17(21)8-7-16(15)14-23-20(22-2)24-18-9-11-25(12-10-18)19-5-3-4-6-19/h7-8,13,18-19H,3-6,9-12,14H2,1-2H3,(H2,22,23,24). The van der Waals surface area contributed by atoms with Gasteiger partial charge in [-0.25, -0.2) is 0 Å². The molecule has 0 radical (unpaired) electrons. The largest absolute Gasteiger partial charge is 0.354 e. The van der Waals surface area contributed by atoms with Crippen molar-refractivity contribution >= 4 is 21.9 Å². The summed E-state index contributed by atoms with van der Waals surface area (Å²) in [5.41, 5.74) is 2.60. The molecule has 5 heteroatoms. The van der Waals surface area contributed by atoms with Crippen molar-refractivity contribution in [3.63, 3.8) is 0 Å². The Morgan fingerprint density at radius 3 is 2.56 bits per heavy atom. The molecule has 2 N–H and O–H groups in total. The Kier molecular flexibility index (Phi) is 6.77. The summed E-state index contributed by atoms with van der Waals surface area (Å²) in [6.45, 7) is 5.41. The van der Waals surface area contributed by atoms with E-state index in [9.17, 15) is 0 Å². The predicted molar refractivity (Wildman–Crippen MR) is 109 cm³/mol. The molecule has 0 spiro atoms. The maximum absolute atomic E-state index is 4.41. The number of benzene rings is 1. The van der Waals surface area contributed by atoms with Crippen molar-refractivity contribution in [1.29, 1.82) is 0 Å². The Balaban J connectivity index is 1.45. The van der Waals surface area contributed by atoms with Crippen LogP contribution in [-0.4, -0.2) is 43.1 Å². The second-order valence-corrected chi connectivity index (χ2v) is 8.31. The number of rotatable bonds is 4. The number of likely N-dealkylation sites (tertiary alicyclic amines) is 1. The van der Waals surface area contributed by atoms with E-state index in [-0.39, 0.29) is 0 Å². The van der Waals surface area contributed by atoms with E-state index in [1.807, 2.05) is 7.05 Å². The van der Waals surface area contributed by atoms with Gasteiger partial charge in [0.1, 0.15) is 0 Å². The lowest BCUT2D eigenvalue weighted by Crippen LogP contribution is -2.50. The minimum absolute atomic E-state index is 0.537. The molecule has 1 aliphatic heterocycles. The number of hydrogen-bond donors (Lipinski definition) is 2. The van der Waals surface area contributed by atoms with Gasteiger partial charge >= 0.3 is 0 Å². The average Bonchev–Trinajstić information content (AvgIpc) is 3.15. The van der Waals surface area contributed by atoms with Crippen LogP contribution in [0.5, 0.6) is 0 Å². The van der Waals surface area contributed by atoms with E-state index in [2.05, 4.69) is 61.6 Å². The molecule has 4 nitrogen and oxygen atoms in total. The third-order valence-corrected chi connectivity index (χ3v) is 6.18. The third-order valence-electron chi connectivity index (χ3n) is 5.69. The van der Waals surface area contributed by atoms with Crippen molar-refractivity contribution in [2.75, 3.05) is 20.1 Å². The fraction of sp³-hybridized carbons (Fsp3) is 0.650. The van der Waals surface area contributed by atoms with Gasteiger partial charge in [-0.3, -0.25) is 4.99 Å². The van der Waals surface area contributed by atoms with Crippen LogP contribution in [0.2, 0.25) is 0 Å². The van der Waals surface area contributed by atoms with Crippen LogP contribution in [0.15, 0.2) is 27.7 Å². The van der Waals surface area contributed by atoms with Crippen LogP contribution in [-0.2, 0) is 6.54 Å². The summed E-state index contributed by atoms with van der Waals surface area (Å²) < 4.78 is 1.13. The van der Waals surface area contributed by atoms with Crippen LogP contribution in [0.1, 0.15) is 49.7 Å². The number of aliphatic imine (C=N–C) groups is 1. The monoisotopic (exact) mass is 406 g/mol. The SMILES string of the molecule is CN=C(NCc1ccc(Br)cc1C)NC1CCN(C2CCCC2)CC1. The summed E-state index contributed by atoms with van der Waals surface area (Å²) in [5, 5.41) is 7.09. The van der Waals surface area contributed by atoms with E-state index >= 15 is 0 Å². The molecule has 0 atom stereocenters. The lowest BCUT2D eigenvalue weighted by Gasteiger charge is -2.36. The quantitative estimate of drug-likeness (QED) is 0.589. The summed E-state index contributed by atoms with van der Waals surface area (Å²) >= 11 is 3.52. The maximum atomic E-state index is 4.41. The van der Waals surface area contributed by atoms with Gasteiger partial charge in [0.05, 0.1) is 0 Å². The number of aryl methyl sites for hydroxylation is 1. The van der Waals surface area contributed by atoms with Crippen molar-refractivity contribution < 1.29 is 0 Å². The zero-order valence-corrected chi connectivity index (χ0v) is 17.1. The van der Waals surface area contributed by atoms with Gasteiger partial charge in [0, 0.05) is 43.2 Å². The van der Waals surface area contributed by atoms with Gasteiger partial charge in [0.25, 0.3) is 0 Å². The Bertz CT molecular complexity index is 587. The molecule has 0 aromatic heterocycles. The van der Waals surface area contributed by atoms with Crippen LogP contribution in [0.4, 0.5) is 0 Å². The average molecular weight is 407 g/mol. The highest BCUT2D eigenvalue weighted by molar-refractivity contribution is 9.10. The summed E-state index contributed by atoms with van der Waals surface area (Å²) in [4.78, 5) is 7.13. The van der Waals surface area contributed by atoms with E-state index < -0.39 is 0 Å². The molecule has 0 amide bonds.